The van der Waals surface area contributed by atoms with Gasteiger partial charge in [-0.25, -0.2) is 0 Å². The van der Waals surface area contributed by atoms with Crippen LogP contribution in [-0.2, 0) is 9.59 Å². The Labute approximate surface area is 63.3 Å². The van der Waals surface area contributed by atoms with Crippen molar-refractivity contribution >= 4 is 17.6 Å². The molecule has 60 valence electrons. The SMILES string of the molecule is CC1=NCN(CC(=O)O)C1=O. The predicted molar refractivity (Wildman–Crippen MR) is 37.3 cm³/mol. The summed E-state index contributed by atoms with van der Waals surface area (Å²) in [5, 5.41) is 8.33. The molecule has 1 amide bonds. The normalized spacial score (nSPS) is 17.0. The van der Waals surface area contributed by atoms with Crippen LogP contribution in [0.15, 0.2) is 4.99 Å². The second kappa shape index (κ2) is 2.69. The molecule has 1 rings (SSSR count). The Hall–Kier alpha value is -1.39. The Bertz CT molecular complexity index is 234. The van der Waals surface area contributed by atoms with Crippen LogP contribution in [0.2, 0.25) is 0 Å². The number of hydrogen-bond donors (Lipinski definition) is 1. The van der Waals surface area contributed by atoms with Gasteiger partial charge in [0.2, 0.25) is 0 Å². The van der Waals surface area contributed by atoms with Crippen LogP contribution in [0.4, 0.5) is 0 Å². The van der Waals surface area contributed by atoms with Crippen molar-refractivity contribution in [1.82, 2.24) is 4.90 Å². The van der Waals surface area contributed by atoms with E-state index in [4.69, 9.17) is 5.11 Å². The minimum atomic E-state index is -1.01. The number of carbonyl (C=O) groups is 2. The van der Waals surface area contributed by atoms with Gasteiger partial charge in [0.25, 0.3) is 5.91 Å². The lowest BCUT2D eigenvalue weighted by Gasteiger charge is -2.09. The summed E-state index contributed by atoms with van der Waals surface area (Å²) < 4.78 is 0. The van der Waals surface area contributed by atoms with Crippen molar-refractivity contribution in [3.05, 3.63) is 0 Å². The molecule has 0 spiro atoms. The van der Waals surface area contributed by atoms with E-state index in [0.717, 1.165) is 0 Å². The van der Waals surface area contributed by atoms with Crippen molar-refractivity contribution in [2.75, 3.05) is 13.2 Å². The molecule has 0 aromatic heterocycles. The summed E-state index contributed by atoms with van der Waals surface area (Å²) >= 11 is 0. The Kier molecular flexibility index (Phi) is 1.89. The zero-order valence-electron chi connectivity index (χ0n) is 6.07. The van der Waals surface area contributed by atoms with Gasteiger partial charge in [-0.1, -0.05) is 0 Å². The zero-order chi connectivity index (χ0) is 8.43. The van der Waals surface area contributed by atoms with E-state index < -0.39 is 5.97 Å². The van der Waals surface area contributed by atoms with Crippen LogP contribution in [0.25, 0.3) is 0 Å². The lowest BCUT2D eigenvalue weighted by Crippen LogP contribution is -2.33. The highest BCUT2D eigenvalue weighted by Crippen LogP contribution is 2.01. The maximum Gasteiger partial charge on any atom is 0.323 e. The van der Waals surface area contributed by atoms with E-state index in [1.807, 2.05) is 0 Å². The van der Waals surface area contributed by atoms with Gasteiger partial charge in [0.1, 0.15) is 13.2 Å². The van der Waals surface area contributed by atoms with E-state index in [0.29, 0.717) is 5.71 Å². The molecule has 11 heavy (non-hydrogen) atoms. The Morgan fingerprint density at radius 3 is 2.82 bits per heavy atom. The molecule has 0 saturated heterocycles. The molecule has 0 aliphatic carbocycles. The molecule has 1 N–H and O–H groups in total. The van der Waals surface area contributed by atoms with E-state index in [9.17, 15) is 9.59 Å². The van der Waals surface area contributed by atoms with Crippen molar-refractivity contribution in [2.45, 2.75) is 6.92 Å². The zero-order valence-corrected chi connectivity index (χ0v) is 6.07. The molecule has 0 aromatic carbocycles. The third-order valence-electron chi connectivity index (χ3n) is 1.40. The number of hydrogen-bond acceptors (Lipinski definition) is 3. The Morgan fingerprint density at radius 1 is 1.82 bits per heavy atom. The van der Waals surface area contributed by atoms with Gasteiger partial charge < -0.3 is 10.0 Å². The van der Waals surface area contributed by atoms with Crippen LogP contribution in [0.3, 0.4) is 0 Å². The molecule has 1 aliphatic rings. The van der Waals surface area contributed by atoms with E-state index in [1.54, 1.807) is 6.92 Å². The highest BCUT2D eigenvalue weighted by Gasteiger charge is 2.23. The maximum atomic E-state index is 11.0. The van der Waals surface area contributed by atoms with Gasteiger partial charge in [-0.05, 0) is 6.92 Å². The maximum absolute atomic E-state index is 11.0. The van der Waals surface area contributed by atoms with E-state index in [2.05, 4.69) is 4.99 Å². The average molecular weight is 156 g/mol. The van der Waals surface area contributed by atoms with Crippen molar-refractivity contribution in [1.29, 1.82) is 0 Å². The Morgan fingerprint density at radius 2 is 2.45 bits per heavy atom. The van der Waals surface area contributed by atoms with Crippen molar-refractivity contribution < 1.29 is 14.7 Å². The summed E-state index contributed by atoms with van der Waals surface area (Å²) in [6.45, 7) is 1.49. The standard InChI is InChI=1S/C6H8N2O3/c1-4-6(11)8(3-7-4)2-5(9)10/h2-3H2,1H3,(H,9,10). The summed E-state index contributed by atoms with van der Waals surface area (Å²) in [4.78, 5) is 26.1. The van der Waals surface area contributed by atoms with Crippen molar-refractivity contribution in [3.63, 3.8) is 0 Å². The molecule has 0 bridgehead atoms. The molecule has 0 radical (unpaired) electrons. The summed E-state index contributed by atoms with van der Waals surface area (Å²) in [5.74, 6) is -1.30. The molecule has 0 unspecified atom stereocenters. The lowest BCUT2D eigenvalue weighted by molar-refractivity contribution is -0.141. The molecule has 0 fully saturated rings. The summed E-state index contributed by atoms with van der Waals surface area (Å²) in [5.41, 5.74) is 0.381. The molecule has 1 heterocycles. The average Bonchev–Trinajstić information content (AvgIpc) is 2.18. The summed E-state index contributed by atoms with van der Waals surface area (Å²) in [6.07, 6.45) is 0. The largest absolute Gasteiger partial charge is 0.480 e. The van der Waals surface area contributed by atoms with E-state index >= 15 is 0 Å². The minimum Gasteiger partial charge on any atom is -0.480 e. The Balaban J connectivity index is 2.54. The summed E-state index contributed by atoms with van der Waals surface area (Å²) in [6, 6.07) is 0. The topological polar surface area (TPSA) is 70.0 Å². The molecule has 0 saturated carbocycles. The number of rotatable bonds is 2. The first kappa shape index (κ1) is 7.71. The summed E-state index contributed by atoms with van der Waals surface area (Å²) in [7, 11) is 0. The van der Waals surface area contributed by atoms with E-state index in [1.165, 1.54) is 4.90 Å². The molecule has 5 nitrogen and oxygen atoms in total. The second-order valence-corrected chi connectivity index (χ2v) is 2.28. The monoisotopic (exact) mass is 156 g/mol. The second-order valence-electron chi connectivity index (χ2n) is 2.28. The van der Waals surface area contributed by atoms with Gasteiger partial charge in [-0.2, -0.15) is 0 Å². The van der Waals surface area contributed by atoms with Crippen molar-refractivity contribution in [2.24, 2.45) is 4.99 Å². The van der Waals surface area contributed by atoms with Gasteiger partial charge in [-0.15, -0.1) is 0 Å². The fourth-order valence-corrected chi connectivity index (χ4v) is 0.837. The number of aliphatic carboxylic acids is 1. The molecule has 1 aliphatic heterocycles. The van der Waals surface area contributed by atoms with Gasteiger partial charge >= 0.3 is 5.97 Å². The first-order valence-electron chi connectivity index (χ1n) is 3.13. The fourth-order valence-electron chi connectivity index (χ4n) is 0.837. The molecular weight excluding hydrogens is 148 g/mol. The number of carbonyl (C=O) groups excluding carboxylic acids is 1. The highest BCUT2D eigenvalue weighted by atomic mass is 16.4. The molecule has 0 aromatic rings. The van der Waals surface area contributed by atoms with Gasteiger partial charge in [0.15, 0.2) is 0 Å². The first-order valence-corrected chi connectivity index (χ1v) is 3.13. The first-order chi connectivity index (χ1) is 5.11. The fraction of sp³-hybridized carbons (Fsp3) is 0.500. The third kappa shape index (κ3) is 1.54. The lowest BCUT2D eigenvalue weighted by atomic mass is 10.4. The molecular formula is C6H8N2O3. The van der Waals surface area contributed by atoms with Gasteiger partial charge in [-0.3, -0.25) is 14.6 Å². The van der Waals surface area contributed by atoms with Crippen LogP contribution in [0.5, 0.6) is 0 Å². The number of carboxylic acids is 1. The number of nitrogens with zero attached hydrogens (tertiary/aromatic N) is 2. The molecule has 5 heteroatoms. The van der Waals surface area contributed by atoms with Crippen LogP contribution < -0.4 is 0 Å². The predicted octanol–water partition coefficient (Wildman–Crippen LogP) is -0.668. The number of aliphatic imine (C=N–C) groups is 1. The van der Waals surface area contributed by atoms with Crippen molar-refractivity contribution in [3.8, 4) is 0 Å². The number of amides is 1. The smallest absolute Gasteiger partial charge is 0.323 e. The van der Waals surface area contributed by atoms with Crippen LogP contribution >= 0.6 is 0 Å². The van der Waals surface area contributed by atoms with Crippen LogP contribution in [0, 0.1) is 0 Å². The van der Waals surface area contributed by atoms with Crippen LogP contribution in [-0.4, -0.2) is 40.8 Å². The molecule has 0 atom stereocenters. The van der Waals surface area contributed by atoms with E-state index in [-0.39, 0.29) is 19.1 Å². The third-order valence-corrected chi connectivity index (χ3v) is 1.40. The van der Waals surface area contributed by atoms with Gasteiger partial charge in [0.05, 0.1) is 5.71 Å². The van der Waals surface area contributed by atoms with Gasteiger partial charge in [0, 0.05) is 0 Å². The van der Waals surface area contributed by atoms with Crippen LogP contribution in [0.1, 0.15) is 6.92 Å². The highest BCUT2D eigenvalue weighted by molar-refractivity contribution is 6.39. The number of carboxylic acid groups (broad SMARTS) is 1. The minimum absolute atomic E-state index is 0.178. The quantitative estimate of drug-likeness (QED) is 0.576.